The number of amides is 1. The topological polar surface area (TPSA) is 156 Å². The number of carbonyl (C=O) groups is 1. The number of rotatable bonds is 6. The zero-order valence-corrected chi connectivity index (χ0v) is 21.7. The number of piperidine rings is 1. The number of likely N-dealkylation sites (tertiary alicyclic amines) is 1. The van der Waals surface area contributed by atoms with E-state index in [9.17, 15) is 20.1 Å². The van der Waals surface area contributed by atoms with Gasteiger partial charge in [-0.15, -0.1) is 11.3 Å². The van der Waals surface area contributed by atoms with Crippen molar-refractivity contribution in [3.63, 3.8) is 0 Å². The van der Waals surface area contributed by atoms with Crippen molar-refractivity contribution in [3.8, 4) is 0 Å². The van der Waals surface area contributed by atoms with Crippen molar-refractivity contribution in [2.24, 2.45) is 5.92 Å². The van der Waals surface area contributed by atoms with Gasteiger partial charge in [-0.2, -0.15) is 0 Å². The van der Waals surface area contributed by atoms with Gasteiger partial charge >= 0.3 is 0 Å². The third-order valence-electron chi connectivity index (χ3n) is 8.13. The van der Waals surface area contributed by atoms with Crippen LogP contribution >= 0.6 is 11.3 Å². The van der Waals surface area contributed by atoms with Crippen LogP contribution in [0.5, 0.6) is 0 Å². The fourth-order valence-electron chi connectivity index (χ4n) is 5.98. The second-order valence-electron chi connectivity index (χ2n) is 10.4. The number of nitrogens with one attached hydrogen (secondary N) is 3. The predicted molar refractivity (Wildman–Crippen MR) is 141 cm³/mol. The summed E-state index contributed by atoms with van der Waals surface area (Å²) in [5.74, 6) is -0.864. The van der Waals surface area contributed by atoms with E-state index in [4.69, 9.17) is 4.98 Å². The normalized spacial score (nSPS) is 33.0. The molecule has 2 saturated heterocycles. The lowest BCUT2D eigenvalue weighted by atomic mass is 9.93. The Bertz CT molecular complexity index is 1220. The van der Waals surface area contributed by atoms with Crippen LogP contribution in [0.3, 0.4) is 0 Å². The summed E-state index contributed by atoms with van der Waals surface area (Å²) in [6, 6.07) is 7.31. The number of benzene rings is 1. The summed E-state index contributed by atoms with van der Waals surface area (Å²) < 4.78 is 0.999. The summed E-state index contributed by atoms with van der Waals surface area (Å²) in [6.45, 7) is 1.34. The Labute approximate surface area is 224 Å². The SMILES string of the molecule is O=C1NC(N2CCC(c3cnccn3)CC2)NC(N[C@@H]2C[C@H](CO)[C@@H](O)[C@H]2O)C1c1nc2ccccc2s1. The first-order chi connectivity index (χ1) is 18.5. The summed E-state index contributed by atoms with van der Waals surface area (Å²) in [5, 5.41) is 41.5. The minimum absolute atomic E-state index is 0.145. The quantitative estimate of drug-likeness (QED) is 0.253. The lowest BCUT2D eigenvalue weighted by molar-refractivity contribution is -0.130. The first kappa shape index (κ1) is 25.7. The number of aromatic nitrogens is 3. The van der Waals surface area contributed by atoms with Crippen molar-refractivity contribution >= 4 is 27.5 Å². The Hall–Kier alpha value is -2.58. The van der Waals surface area contributed by atoms with E-state index in [-0.39, 0.29) is 12.5 Å². The zero-order chi connectivity index (χ0) is 26.2. The van der Waals surface area contributed by atoms with Gasteiger partial charge in [-0.3, -0.25) is 30.3 Å². The maximum Gasteiger partial charge on any atom is 0.235 e. The van der Waals surface area contributed by atoms with E-state index in [2.05, 4.69) is 30.8 Å². The minimum Gasteiger partial charge on any atom is -0.396 e. The molecule has 1 amide bonds. The van der Waals surface area contributed by atoms with E-state index >= 15 is 0 Å². The van der Waals surface area contributed by atoms with Crippen LogP contribution in [0.4, 0.5) is 0 Å². The predicted octanol–water partition coefficient (Wildman–Crippen LogP) is 0.0708. The second kappa shape index (κ2) is 10.9. The summed E-state index contributed by atoms with van der Waals surface area (Å²) in [6.07, 6.45) is 4.43. The van der Waals surface area contributed by atoms with Gasteiger partial charge in [-0.05, 0) is 31.4 Å². The van der Waals surface area contributed by atoms with Gasteiger partial charge < -0.3 is 20.6 Å². The number of aliphatic hydroxyl groups is 3. The van der Waals surface area contributed by atoms with Gasteiger partial charge in [-0.1, -0.05) is 12.1 Å². The van der Waals surface area contributed by atoms with Crippen LogP contribution in [0, 0.1) is 5.92 Å². The van der Waals surface area contributed by atoms with E-state index in [1.165, 1.54) is 11.3 Å². The highest BCUT2D eigenvalue weighted by molar-refractivity contribution is 7.18. The maximum absolute atomic E-state index is 13.6. The van der Waals surface area contributed by atoms with Crippen LogP contribution in [-0.2, 0) is 4.79 Å². The monoisotopic (exact) mass is 539 g/mol. The standard InChI is InChI=1S/C26H33N7O4S/c34-13-15-11-17(22(36)21(15)35)29-23-20(25-30-16-3-1-2-4-19(16)38-25)24(37)32-26(31-23)33-9-5-14(6-10-33)18-12-27-7-8-28-18/h1-4,7-8,12,14-15,17,20-23,26,29,31,34-36H,5-6,9-11,13H2,(H,32,37)/t15-,17-,20?,21-,22+,23?,26?/m1/s1. The number of aliphatic hydroxyl groups excluding tert-OH is 3. The molecule has 2 aromatic heterocycles. The first-order valence-corrected chi connectivity index (χ1v) is 14.0. The van der Waals surface area contributed by atoms with Gasteiger partial charge in [0, 0.05) is 56.2 Å². The number of carbonyl (C=O) groups excluding carboxylic acids is 1. The van der Waals surface area contributed by atoms with Gasteiger partial charge in [0.2, 0.25) is 5.91 Å². The molecule has 3 fully saturated rings. The molecule has 6 N–H and O–H groups in total. The van der Waals surface area contributed by atoms with Gasteiger partial charge in [0.25, 0.3) is 0 Å². The highest BCUT2D eigenvalue weighted by Crippen LogP contribution is 2.34. The van der Waals surface area contributed by atoms with Gasteiger partial charge in [0.1, 0.15) is 17.2 Å². The summed E-state index contributed by atoms with van der Waals surface area (Å²) >= 11 is 1.48. The smallest absolute Gasteiger partial charge is 0.235 e. The van der Waals surface area contributed by atoms with Crippen molar-refractivity contribution < 1.29 is 20.1 Å². The average Bonchev–Trinajstić information content (AvgIpc) is 3.49. The Balaban J connectivity index is 1.22. The molecule has 3 unspecified atom stereocenters. The number of fused-ring (bicyclic) bond motifs is 1. The molecule has 12 heteroatoms. The molecule has 2 aliphatic heterocycles. The van der Waals surface area contributed by atoms with Crippen LogP contribution in [0.25, 0.3) is 10.2 Å². The Morgan fingerprint density at radius 1 is 1.13 bits per heavy atom. The van der Waals surface area contributed by atoms with Crippen LogP contribution in [0.15, 0.2) is 42.9 Å². The Morgan fingerprint density at radius 2 is 1.95 bits per heavy atom. The highest BCUT2D eigenvalue weighted by atomic mass is 32.1. The fourth-order valence-corrected chi connectivity index (χ4v) is 7.08. The van der Waals surface area contributed by atoms with Gasteiger partial charge in [0.15, 0.2) is 0 Å². The van der Waals surface area contributed by atoms with Crippen LogP contribution in [0.1, 0.15) is 41.8 Å². The van der Waals surface area contributed by atoms with Crippen LogP contribution in [-0.4, -0.2) is 91.5 Å². The Kier molecular flexibility index (Phi) is 7.36. The average molecular weight is 540 g/mol. The molecule has 0 bridgehead atoms. The molecule has 1 saturated carbocycles. The molecule has 11 nitrogen and oxygen atoms in total. The molecule has 3 aromatic rings. The molecule has 4 heterocycles. The van der Waals surface area contributed by atoms with E-state index < -0.39 is 42.5 Å². The third-order valence-corrected chi connectivity index (χ3v) is 9.25. The molecule has 0 spiro atoms. The zero-order valence-electron chi connectivity index (χ0n) is 20.8. The molecule has 38 heavy (non-hydrogen) atoms. The maximum atomic E-state index is 13.6. The molecular formula is C26H33N7O4S. The molecule has 7 atom stereocenters. The van der Waals surface area contributed by atoms with Crippen molar-refractivity contribution in [1.82, 2.24) is 35.8 Å². The fraction of sp³-hybridized carbons (Fsp3) is 0.538. The van der Waals surface area contributed by atoms with Crippen molar-refractivity contribution in [2.75, 3.05) is 19.7 Å². The number of para-hydroxylation sites is 1. The summed E-state index contributed by atoms with van der Waals surface area (Å²) in [4.78, 5) is 29.3. The highest BCUT2D eigenvalue weighted by Gasteiger charge is 2.46. The van der Waals surface area contributed by atoms with E-state index in [1.54, 1.807) is 12.4 Å². The first-order valence-electron chi connectivity index (χ1n) is 13.2. The summed E-state index contributed by atoms with van der Waals surface area (Å²) in [5.41, 5.74) is 1.83. The number of thiazole rings is 1. The van der Waals surface area contributed by atoms with Crippen molar-refractivity contribution in [1.29, 1.82) is 0 Å². The van der Waals surface area contributed by atoms with E-state index in [0.717, 1.165) is 41.8 Å². The molecule has 202 valence electrons. The second-order valence-corrected chi connectivity index (χ2v) is 11.5. The number of hydrogen-bond donors (Lipinski definition) is 6. The lowest BCUT2D eigenvalue weighted by Crippen LogP contribution is -2.71. The van der Waals surface area contributed by atoms with Crippen molar-refractivity contribution in [3.05, 3.63) is 53.6 Å². The van der Waals surface area contributed by atoms with E-state index in [1.807, 2.05) is 30.5 Å². The number of hydrogen-bond acceptors (Lipinski definition) is 11. The molecule has 1 aromatic carbocycles. The molecule has 3 aliphatic rings. The summed E-state index contributed by atoms with van der Waals surface area (Å²) in [7, 11) is 0. The molecule has 6 rings (SSSR count). The Morgan fingerprint density at radius 3 is 2.66 bits per heavy atom. The molecular weight excluding hydrogens is 506 g/mol. The van der Waals surface area contributed by atoms with Gasteiger partial charge in [-0.25, -0.2) is 4.98 Å². The molecule has 1 aliphatic carbocycles. The largest absolute Gasteiger partial charge is 0.396 e. The van der Waals surface area contributed by atoms with Gasteiger partial charge in [0.05, 0.1) is 34.3 Å². The minimum atomic E-state index is -1.05. The number of nitrogens with zero attached hydrogens (tertiary/aromatic N) is 4. The third kappa shape index (κ3) is 4.93. The van der Waals surface area contributed by atoms with Crippen LogP contribution in [0.2, 0.25) is 0 Å². The molecule has 0 radical (unpaired) electrons. The lowest BCUT2D eigenvalue weighted by Gasteiger charge is -2.45. The van der Waals surface area contributed by atoms with Crippen LogP contribution < -0.4 is 16.0 Å². The van der Waals surface area contributed by atoms with Crippen molar-refractivity contribution in [2.45, 2.75) is 61.8 Å². The van der Waals surface area contributed by atoms with E-state index in [0.29, 0.717) is 17.3 Å².